The fourth-order valence-electron chi connectivity index (χ4n) is 24.2. The van der Waals surface area contributed by atoms with E-state index in [1.165, 1.54) is 137 Å². The van der Waals surface area contributed by atoms with Crippen LogP contribution in [0.4, 0.5) is 23.3 Å². The van der Waals surface area contributed by atoms with E-state index in [9.17, 15) is 5.11 Å². The van der Waals surface area contributed by atoms with Gasteiger partial charge in [0.1, 0.15) is 45.9 Å². The Hall–Kier alpha value is -9.80. The van der Waals surface area contributed by atoms with Crippen molar-refractivity contribution >= 4 is 45.9 Å². The van der Waals surface area contributed by atoms with Crippen LogP contribution in [0.25, 0.3) is 22.6 Å². The molecule has 0 radical (unpaired) electrons. The van der Waals surface area contributed by atoms with E-state index < -0.39 is 0 Å². The molecule has 12 aromatic rings. The Morgan fingerprint density at radius 3 is 1.22 bits per heavy atom. The molecule has 25 nitrogen and oxygen atoms in total. The van der Waals surface area contributed by atoms with Gasteiger partial charge in [-0.2, -0.15) is 0 Å². The van der Waals surface area contributed by atoms with E-state index in [0.717, 1.165) is 189 Å². The van der Waals surface area contributed by atoms with Crippen LogP contribution in [0.5, 0.6) is 0 Å². The highest BCUT2D eigenvalue weighted by Crippen LogP contribution is 2.48. The van der Waals surface area contributed by atoms with Gasteiger partial charge in [-0.1, -0.05) is 69.3 Å². The molecular formula is C104H138N24O. The van der Waals surface area contributed by atoms with Gasteiger partial charge in [-0.25, -0.2) is 19.9 Å². The van der Waals surface area contributed by atoms with Crippen molar-refractivity contribution in [3.8, 4) is 0 Å². The van der Waals surface area contributed by atoms with Crippen LogP contribution < -0.4 is 30.2 Å². The number of aliphatic hydroxyl groups excluding tert-OH is 1. The van der Waals surface area contributed by atoms with Crippen molar-refractivity contribution in [2.45, 2.75) is 248 Å². The Balaban J connectivity index is 0.000000108. The number of likely N-dealkylation sites (N-methyl/N-ethyl adjacent to an activating group) is 1. The summed E-state index contributed by atoms with van der Waals surface area (Å²) in [4.78, 5) is 64.9. The Morgan fingerprint density at radius 1 is 0.380 bits per heavy atom. The molecule has 11 aliphatic rings. The zero-order valence-corrected chi connectivity index (χ0v) is 78.1. The fraction of sp³-hybridized carbons (Fsp3) is 0.538. The third kappa shape index (κ3) is 17.6. The second-order valence-corrected chi connectivity index (χ2v) is 39.4. The Morgan fingerprint density at radius 2 is 0.767 bits per heavy atom. The van der Waals surface area contributed by atoms with Gasteiger partial charge >= 0.3 is 0 Å². The summed E-state index contributed by atoms with van der Waals surface area (Å²) in [6, 6.07) is 48.7. The maximum absolute atomic E-state index is 10.6. The maximum atomic E-state index is 10.6. The van der Waals surface area contributed by atoms with Gasteiger partial charge in [-0.15, -0.1) is 0 Å². The smallest absolute Gasteiger partial charge is 0.138 e. The molecule has 1 aliphatic carbocycles. The maximum Gasteiger partial charge on any atom is 0.138 e. The number of piperidine rings is 4. The van der Waals surface area contributed by atoms with E-state index in [0.29, 0.717) is 66.3 Å². The molecule has 10 aliphatic heterocycles. The summed E-state index contributed by atoms with van der Waals surface area (Å²) in [5.74, 6) is 5.50. The fourth-order valence-corrected chi connectivity index (χ4v) is 24.2. The van der Waals surface area contributed by atoms with E-state index in [1.54, 1.807) is 0 Å². The number of piperazine rings is 4. The molecule has 1 saturated carbocycles. The molecule has 0 spiro atoms. The number of fused-ring (bicyclic) bond motifs is 8. The van der Waals surface area contributed by atoms with Gasteiger partial charge < -0.3 is 40.2 Å². The lowest BCUT2D eigenvalue weighted by atomic mass is 9.88. The van der Waals surface area contributed by atoms with Gasteiger partial charge in [-0.05, 0) is 272 Å². The average molecular weight is 1740 g/mol. The summed E-state index contributed by atoms with van der Waals surface area (Å²) in [6.07, 6.45) is 36.3. The third-order valence-electron chi connectivity index (χ3n) is 31.4. The zero-order chi connectivity index (χ0) is 88.1. The molecule has 11 fully saturated rings. The van der Waals surface area contributed by atoms with E-state index >= 15 is 0 Å². The molecule has 129 heavy (non-hydrogen) atoms. The second-order valence-electron chi connectivity index (χ2n) is 39.4. The molecule has 10 saturated heterocycles. The lowest BCUT2D eigenvalue weighted by Crippen LogP contribution is -2.52. The standard InChI is InChI=1S/C27H36N6O.C27H38N6.2C25H32N6/c1-19-6-5-13-28-26(19)21-7-3-8-22(30(21)2)27-23(18-34)33-24(29-27)9-4-10-25(33)32-16-14-31(15-17-32)20-11-12-20;1-5-31-15-17-32(18-16-31)26-13-7-12-25-29-22(19-33(25)26)23-10-6-11-24(30(23)4)27-21(20(2)3)9-8-14-28-27;1-17-6-5-13-27-25(17)22-8-3-7-21(29(22)2)20-16-30-23(28-20)9-4-10-24(30)31-18-11-12-19(31)15-26-14-18;1-17-6-5-13-26-25(17)22-8-3-7-21(29(22)2)20-16-31-23(28-20)9-4-10-24(31)30-14-18-11-12-19(15-30)27-18/h4-6,9-10,13,20-22,34H,3,7-8,11-12,14-18H2,1-2H3;7-9,12-14,19-20,23-24H,5-6,10-11,15-18H2,1-4H3;4-6,9-10,13,16,18-19,21-22,26H,3,7-8,11-12,14-15H2,1-2H3;4-6,9-10,13,16,18-19,21-22,27H,3,7-8,11-12,14-15H2,1-2H3/t21-,22+;23-,24+;2*18?,19?,21-,22+/m0111/s1. The first kappa shape index (κ1) is 87.2. The van der Waals surface area contributed by atoms with Gasteiger partial charge in [-0.3, -0.25) is 62.0 Å². The van der Waals surface area contributed by atoms with Crippen molar-refractivity contribution < 1.29 is 5.11 Å². The van der Waals surface area contributed by atoms with Crippen molar-refractivity contribution in [3.05, 3.63) is 238 Å². The van der Waals surface area contributed by atoms with Crippen LogP contribution >= 0.6 is 0 Å². The highest BCUT2D eigenvalue weighted by molar-refractivity contribution is 5.59. The predicted molar refractivity (Wildman–Crippen MR) is 516 cm³/mol. The molecule has 23 rings (SSSR count). The second kappa shape index (κ2) is 38.2. The van der Waals surface area contributed by atoms with Crippen LogP contribution in [0, 0.1) is 20.8 Å². The van der Waals surface area contributed by atoms with E-state index in [1.807, 2.05) is 43.0 Å². The number of hydrogen-bond acceptors (Lipinski definition) is 21. The minimum atomic E-state index is -0.00677. The summed E-state index contributed by atoms with van der Waals surface area (Å²) >= 11 is 0. The monoisotopic (exact) mass is 1740 g/mol. The Bertz CT molecular complexity index is 5810. The summed E-state index contributed by atoms with van der Waals surface area (Å²) in [6.45, 7) is 27.5. The minimum Gasteiger partial charge on any atom is -0.390 e. The van der Waals surface area contributed by atoms with Gasteiger partial charge in [0.25, 0.3) is 0 Å². The zero-order valence-electron chi connectivity index (χ0n) is 78.1. The van der Waals surface area contributed by atoms with Crippen molar-refractivity contribution in [1.29, 1.82) is 0 Å². The number of imidazole rings is 4. The summed E-state index contributed by atoms with van der Waals surface area (Å²) < 4.78 is 9.19. The molecule has 680 valence electrons. The lowest BCUT2D eigenvalue weighted by molar-refractivity contribution is 0.107. The van der Waals surface area contributed by atoms with E-state index in [4.69, 9.17) is 39.9 Å². The topological polar surface area (TPSA) is 197 Å². The number of likely N-dealkylation sites (tertiary alicyclic amines) is 4. The first-order valence-electron chi connectivity index (χ1n) is 49.2. The molecule has 4 bridgehead atoms. The van der Waals surface area contributed by atoms with E-state index in [-0.39, 0.29) is 18.7 Å². The SMILES string of the molecule is CCN1CCN(c2cccc3nc([C@H]4CCC[C@@H](c5ncccc5C(C)C)N4C)cn23)CC1.Cc1cccnc1[C@@H]1CCC[C@H](c2cn3c(N4C5CCC4CNC5)cccc3n2)N1C.Cc1cccnc1[C@@H]1CCC[C@H](c2cn3c(N4CC5CCC(C4)N5)cccc3n2)N1C.Cc1cccnc1[C@@H]1CCC[C@H](c2nc3cccc(N4CCN(C5CC5)CC4)n3c2CO)N1C. The highest BCUT2D eigenvalue weighted by atomic mass is 16.3. The molecule has 0 aromatic carbocycles. The van der Waals surface area contributed by atoms with Crippen LogP contribution in [0.3, 0.4) is 0 Å². The van der Waals surface area contributed by atoms with Crippen molar-refractivity contribution in [3.63, 3.8) is 0 Å². The van der Waals surface area contributed by atoms with Crippen LogP contribution in [-0.4, -0.2) is 235 Å². The number of hydrogen-bond donors (Lipinski definition) is 3. The highest BCUT2D eigenvalue weighted by Gasteiger charge is 2.43. The average Bonchev–Trinajstić information content (AvgIpc) is 1.61. The predicted octanol–water partition coefficient (Wildman–Crippen LogP) is 16.4. The molecule has 22 heterocycles. The van der Waals surface area contributed by atoms with Crippen LogP contribution in [-0.2, 0) is 6.61 Å². The summed E-state index contributed by atoms with van der Waals surface area (Å²) in [7, 11) is 8.97. The Labute approximate surface area is 763 Å². The van der Waals surface area contributed by atoms with Gasteiger partial charge in [0.2, 0.25) is 0 Å². The summed E-state index contributed by atoms with van der Waals surface area (Å²) in [5.41, 5.74) is 19.7. The number of nitrogens with zero attached hydrogens (tertiary/aromatic N) is 22. The molecule has 0 amide bonds. The summed E-state index contributed by atoms with van der Waals surface area (Å²) in [5, 5.41) is 17.9. The van der Waals surface area contributed by atoms with Gasteiger partial charge in [0.05, 0.1) is 106 Å². The molecule has 12 atom stereocenters. The molecule has 4 unspecified atom stereocenters. The Kier molecular flexibility index (Phi) is 25.8. The number of aromatic nitrogens is 12. The normalized spacial score (nSPS) is 26.4. The largest absolute Gasteiger partial charge is 0.390 e. The van der Waals surface area contributed by atoms with Gasteiger partial charge in [0, 0.05) is 152 Å². The number of rotatable bonds is 16. The van der Waals surface area contributed by atoms with Crippen LogP contribution in [0.15, 0.2) is 165 Å². The quantitative estimate of drug-likeness (QED) is 0.0825. The van der Waals surface area contributed by atoms with Crippen LogP contribution in [0.2, 0.25) is 0 Å². The number of pyridine rings is 8. The number of aryl methyl sites for hydroxylation is 3. The molecular weight excluding hydrogens is 1600 g/mol. The first-order valence-corrected chi connectivity index (χ1v) is 49.2. The van der Waals surface area contributed by atoms with E-state index in [2.05, 4.69) is 269 Å². The van der Waals surface area contributed by atoms with Gasteiger partial charge in [0.15, 0.2) is 0 Å². The number of anilines is 4. The first-order chi connectivity index (χ1) is 63.1. The van der Waals surface area contributed by atoms with Crippen molar-refractivity contribution in [1.82, 2.24) is 97.5 Å². The lowest BCUT2D eigenvalue weighted by Gasteiger charge is -2.39. The van der Waals surface area contributed by atoms with Crippen LogP contribution in [0.1, 0.15) is 264 Å². The minimum absolute atomic E-state index is 0.00677. The third-order valence-corrected chi connectivity index (χ3v) is 31.4. The number of aliphatic hydroxyl groups is 1. The van der Waals surface area contributed by atoms with Crippen molar-refractivity contribution in [2.75, 3.05) is 133 Å². The molecule has 12 aromatic heterocycles. The number of nitrogens with one attached hydrogen (secondary N) is 2. The molecule has 3 N–H and O–H groups in total. The molecule has 25 heteroatoms. The van der Waals surface area contributed by atoms with Crippen molar-refractivity contribution in [2.24, 2.45) is 0 Å².